The van der Waals surface area contributed by atoms with Crippen molar-refractivity contribution in [2.75, 3.05) is 17.6 Å². The summed E-state index contributed by atoms with van der Waals surface area (Å²) in [5.41, 5.74) is 7.84. The van der Waals surface area contributed by atoms with Crippen LogP contribution in [0.15, 0.2) is 47.3 Å². The number of aromatic amines is 1. The number of hydrogen-bond acceptors (Lipinski definition) is 5. The van der Waals surface area contributed by atoms with Crippen LogP contribution in [-0.4, -0.2) is 26.1 Å². The predicted octanol–water partition coefficient (Wildman–Crippen LogP) is 3.12. The van der Waals surface area contributed by atoms with Crippen molar-refractivity contribution in [2.45, 2.75) is 26.3 Å². The lowest BCUT2D eigenvalue weighted by Gasteiger charge is -2.09. The Labute approximate surface area is 156 Å². The molecule has 0 saturated carbocycles. The van der Waals surface area contributed by atoms with Crippen molar-refractivity contribution in [3.8, 4) is 0 Å². The van der Waals surface area contributed by atoms with Crippen molar-refractivity contribution in [2.24, 2.45) is 0 Å². The summed E-state index contributed by atoms with van der Waals surface area (Å²) in [5, 5.41) is 5.43. The second kappa shape index (κ2) is 7.11. The number of benzene rings is 2. The van der Waals surface area contributed by atoms with Crippen LogP contribution >= 0.6 is 0 Å². The number of H-pyrrole nitrogens is 1. The Kier molecular flexibility index (Phi) is 4.50. The summed E-state index contributed by atoms with van der Waals surface area (Å²) < 4.78 is 1.61. The van der Waals surface area contributed by atoms with E-state index in [0.717, 1.165) is 35.7 Å². The van der Waals surface area contributed by atoms with Gasteiger partial charge in [0.25, 0.3) is 0 Å². The van der Waals surface area contributed by atoms with Crippen LogP contribution in [-0.2, 0) is 6.54 Å². The van der Waals surface area contributed by atoms with Crippen LogP contribution in [0.5, 0.6) is 0 Å². The van der Waals surface area contributed by atoms with E-state index in [9.17, 15) is 4.79 Å². The van der Waals surface area contributed by atoms with Gasteiger partial charge in [0.15, 0.2) is 11.5 Å². The third-order valence-corrected chi connectivity index (χ3v) is 4.67. The van der Waals surface area contributed by atoms with Crippen molar-refractivity contribution in [1.82, 2.24) is 19.5 Å². The van der Waals surface area contributed by atoms with E-state index < -0.39 is 0 Å². The van der Waals surface area contributed by atoms with Crippen molar-refractivity contribution in [3.63, 3.8) is 0 Å². The number of nitrogens with one attached hydrogen (secondary N) is 2. The van der Waals surface area contributed by atoms with Crippen molar-refractivity contribution in [1.29, 1.82) is 0 Å². The maximum Gasteiger partial charge on any atom is 0.328 e. The predicted molar refractivity (Wildman–Crippen MR) is 109 cm³/mol. The number of nitrogen functional groups attached to an aromatic ring is 1. The van der Waals surface area contributed by atoms with Crippen LogP contribution in [0.3, 0.4) is 0 Å². The number of aromatic nitrogens is 4. The maximum absolute atomic E-state index is 12.6. The molecular weight excluding hydrogens is 340 g/mol. The third-order valence-electron chi connectivity index (χ3n) is 4.67. The zero-order valence-corrected chi connectivity index (χ0v) is 15.2. The number of anilines is 2. The molecule has 0 atom stereocenters. The van der Waals surface area contributed by atoms with E-state index in [4.69, 9.17) is 5.73 Å². The molecule has 0 bridgehead atoms. The lowest BCUT2D eigenvalue weighted by atomic mass is 10.0. The van der Waals surface area contributed by atoms with E-state index in [1.165, 1.54) is 0 Å². The molecule has 4 aromatic rings. The second-order valence-corrected chi connectivity index (χ2v) is 6.57. The van der Waals surface area contributed by atoms with Crippen molar-refractivity contribution in [3.05, 3.63) is 58.5 Å². The Morgan fingerprint density at radius 2 is 1.96 bits per heavy atom. The summed E-state index contributed by atoms with van der Waals surface area (Å²) in [6.07, 6.45) is 2.08. The summed E-state index contributed by atoms with van der Waals surface area (Å²) in [6, 6.07) is 14.2. The van der Waals surface area contributed by atoms with Gasteiger partial charge in [0.2, 0.25) is 5.95 Å². The average Bonchev–Trinajstić information content (AvgIpc) is 2.99. The number of imidazole rings is 1. The van der Waals surface area contributed by atoms with Gasteiger partial charge in [-0.1, -0.05) is 55.8 Å². The van der Waals surface area contributed by atoms with E-state index in [-0.39, 0.29) is 11.5 Å². The van der Waals surface area contributed by atoms with Crippen LogP contribution in [0, 0.1) is 0 Å². The molecule has 0 spiro atoms. The molecule has 2 aromatic heterocycles. The molecule has 138 valence electrons. The summed E-state index contributed by atoms with van der Waals surface area (Å²) in [6.45, 7) is 3.29. The molecule has 0 aliphatic carbocycles. The van der Waals surface area contributed by atoms with E-state index >= 15 is 0 Å². The highest BCUT2D eigenvalue weighted by Gasteiger charge is 2.15. The summed E-state index contributed by atoms with van der Waals surface area (Å²) >= 11 is 0. The van der Waals surface area contributed by atoms with Gasteiger partial charge in [0, 0.05) is 6.54 Å². The first-order chi connectivity index (χ1) is 13.2. The van der Waals surface area contributed by atoms with Gasteiger partial charge in [-0.2, -0.15) is 9.97 Å². The van der Waals surface area contributed by atoms with Gasteiger partial charge in [-0.05, 0) is 22.8 Å². The van der Waals surface area contributed by atoms with Gasteiger partial charge in [-0.15, -0.1) is 0 Å². The third kappa shape index (κ3) is 3.23. The normalized spacial score (nSPS) is 11.3. The highest BCUT2D eigenvalue weighted by atomic mass is 16.1. The highest BCUT2D eigenvalue weighted by Crippen LogP contribution is 2.21. The number of fused-ring (bicyclic) bond motifs is 2. The van der Waals surface area contributed by atoms with Gasteiger partial charge in [-0.3, -0.25) is 4.57 Å². The standard InChI is InChI=1S/C20H22N6O/c1-2-3-11-22-19-24-17(21)16-18(25-19)26(20(27)23-16)12-14-9-6-8-13-7-4-5-10-15(13)14/h4-10H,2-3,11-12H2,1H3,(H,23,27)(H3,21,22,24,25). The number of unbranched alkanes of at least 4 members (excludes halogenated alkanes) is 1. The molecule has 7 heteroatoms. The summed E-state index contributed by atoms with van der Waals surface area (Å²) in [5.74, 6) is 0.715. The molecular formula is C20H22N6O. The van der Waals surface area contributed by atoms with E-state index in [1.807, 2.05) is 24.3 Å². The van der Waals surface area contributed by atoms with Gasteiger partial charge in [0.05, 0.1) is 6.54 Å². The fourth-order valence-corrected chi connectivity index (χ4v) is 3.26. The topological polar surface area (TPSA) is 102 Å². The van der Waals surface area contributed by atoms with Crippen LogP contribution in [0.2, 0.25) is 0 Å². The summed E-state index contributed by atoms with van der Waals surface area (Å²) in [4.78, 5) is 24.1. The molecule has 0 fully saturated rings. The Balaban J connectivity index is 1.78. The minimum atomic E-state index is -0.246. The molecule has 4 rings (SSSR count). The molecule has 0 amide bonds. The molecule has 2 aromatic carbocycles. The van der Waals surface area contributed by atoms with E-state index in [1.54, 1.807) is 4.57 Å². The number of nitrogens with zero attached hydrogens (tertiary/aromatic N) is 3. The SMILES string of the molecule is CCCCNc1nc(N)c2[nH]c(=O)n(Cc3cccc4ccccc34)c2n1. The molecule has 7 nitrogen and oxygen atoms in total. The molecule has 27 heavy (non-hydrogen) atoms. The van der Waals surface area contributed by atoms with Gasteiger partial charge in [0.1, 0.15) is 5.52 Å². The highest BCUT2D eigenvalue weighted by molar-refractivity contribution is 5.86. The quantitative estimate of drug-likeness (QED) is 0.458. The van der Waals surface area contributed by atoms with Gasteiger partial charge in [-0.25, -0.2) is 4.79 Å². The van der Waals surface area contributed by atoms with Crippen LogP contribution in [0.1, 0.15) is 25.3 Å². The van der Waals surface area contributed by atoms with Gasteiger partial charge >= 0.3 is 5.69 Å². The van der Waals surface area contributed by atoms with E-state index in [2.05, 4.69) is 45.4 Å². The first-order valence-electron chi connectivity index (χ1n) is 9.14. The van der Waals surface area contributed by atoms with Gasteiger partial charge < -0.3 is 16.0 Å². The Morgan fingerprint density at radius 1 is 1.15 bits per heavy atom. The zero-order chi connectivity index (χ0) is 18.8. The fourth-order valence-electron chi connectivity index (χ4n) is 3.26. The van der Waals surface area contributed by atoms with Crippen LogP contribution in [0.25, 0.3) is 21.9 Å². The first kappa shape index (κ1) is 17.1. The summed E-state index contributed by atoms with van der Waals surface area (Å²) in [7, 11) is 0. The average molecular weight is 362 g/mol. The monoisotopic (exact) mass is 362 g/mol. The lowest BCUT2D eigenvalue weighted by Crippen LogP contribution is -2.18. The Morgan fingerprint density at radius 3 is 2.81 bits per heavy atom. The molecule has 0 saturated heterocycles. The van der Waals surface area contributed by atoms with Crippen molar-refractivity contribution < 1.29 is 0 Å². The molecule has 0 aliphatic heterocycles. The minimum absolute atomic E-state index is 0.246. The largest absolute Gasteiger partial charge is 0.382 e. The smallest absolute Gasteiger partial charge is 0.328 e. The Bertz CT molecular complexity index is 1160. The minimum Gasteiger partial charge on any atom is -0.382 e. The first-order valence-corrected chi connectivity index (χ1v) is 9.14. The fraction of sp³-hybridized carbons (Fsp3) is 0.250. The van der Waals surface area contributed by atoms with Crippen LogP contribution < -0.4 is 16.7 Å². The van der Waals surface area contributed by atoms with Crippen molar-refractivity contribution >= 4 is 33.7 Å². The zero-order valence-electron chi connectivity index (χ0n) is 15.2. The maximum atomic E-state index is 12.6. The van der Waals surface area contributed by atoms with Crippen LogP contribution in [0.4, 0.5) is 11.8 Å². The second-order valence-electron chi connectivity index (χ2n) is 6.57. The number of rotatable bonds is 6. The molecule has 4 N–H and O–H groups in total. The molecule has 2 heterocycles. The lowest BCUT2D eigenvalue weighted by molar-refractivity contribution is 0.781. The number of nitrogens with two attached hydrogens (primary N) is 1. The Hall–Kier alpha value is -3.35. The molecule has 0 aliphatic rings. The van der Waals surface area contributed by atoms with E-state index in [0.29, 0.717) is 23.7 Å². The number of hydrogen-bond donors (Lipinski definition) is 3. The molecule has 0 unspecified atom stereocenters. The molecule has 0 radical (unpaired) electrons.